The topological polar surface area (TPSA) is 76.1 Å². The number of para-hydroxylation sites is 1. The van der Waals surface area contributed by atoms with Gasteiger partial charge in [-0.3, -0.25) is 4.79 Å². The summed E-state index contributed by atoms with van der Waals surface area (Å²) in [4.78, 5) is 12.2. The largest absolute Gasteiger partial charge is 0.376 e. The van der Waals surface area contributed by atoms with Gasteiger partial charge in [-0.05, 0) is 37.1 Å². The Kier molecular flexibility index (Phi) is 5.50. The van der Waals surface area contributed by atoms with Crippen molar-refractivity contribution in [2.75, 3.05) is 23.8 Å². The minimum Gasteiger partial charge on any atom is -0.376 e. The van der Waals surface area contributed by atoms with Crippen molar-refractivity contribution >= 4 is 40.6 Å². The van der Waals surface area contributed by atoms with E-state index < -0.39 is 5.91 Å². The molecule has 1 aliphatic heterocycles. The first kappa shape index (κ1) is 17.0. The highest BCUT2D eigenvalue weighted by molar-refractivity contribution is 6.39. The number of aromatic nitrogens is 2. The summed E-state index contributed by atoms with van der Waals surface area (Å²) in [5.41, 5.74) is 0.530. The van der Waals surface area contributed by atoms with Crippen molar-refractivity contribution in [3.63, 3.8) is 0 Å². The minimum atomic E-state index is -0.428. The fraction of sp³-hybridized carbons (Fsp3) is 0.312. The maximum atomic E-state index is 12.2. The standard InChI is InChI=1S/C16H16Cl2N4O2/c17-11-4-1-5-12(18)15(11)20-16(23)13-6-7-14(22-21-13)19-9-10-3-2-8-24-10/h1,4-7,10H,2-3,8-9H2,(H,19,22)(H,20,23). The average molecular weight is 367 g/mol. The highest BCUT2D eigenvalue weighted by atomic mass is 35.5. The number of carbonyl (C=O) groups is 1. The van der Waals surface area contributed by atoms with Gasteiger partial charge in [-0.1, -0.05) is 29.3 Å². The van der Waals surface area contributed by atoms with Gasteiger partial charge in [-0.2, -0.15) is 0 Å². The summed E-state index contributed by atoms with van der Waals surface area (Å²) in [5.74, 6) is 0.168. The molecule has 1 fully saturated rings. The van der Waals surface area contributed by atoms with Gasteiger partial charge in [0.1, 0.15) is 5.82 Å². The van der Waals surface area contributed by atoms with E-state index in [1.165, 1.54) is 0 Å². The number of anilines is 2. The molecule has 1 amide bonds. The van der Waals surface area contributed by atoms with Crippen molar-refractivity contribution in [2.24, 2.45) is 0 Å². The van der Waals surface area contributed by atoms with Gasteiger partial charge in [0.05, 0.1) is 21.8 Å². The maximum absolute atomic E-state index is 12.2. The van der Waals surface area contributed by atoms with Crippen LogP contribution in [0.15, 0.2) is 30.3 Å². The minimum absolute atomic E-state index is 0.175. The Morgan fingerprint density at radius 2 is 2.00 bits per heavy atom. The Hall–Kier alpha value is -1.89. The molecule has 0 radical (unpaired) electrons. The molecule has 0 aliphatic carbocycles. The lowest BCUT2D eigenvalue weighted by Gasteiger charge is -2.11. The molecule has 1 aromatic carbocycles. The highest BCUT2D eigenvalue weighted by Crippen LogP contribution is 2.30. The van der Waals surface area contributed by atoms with Crippen molar-refractivity contribution in [3.8, 4) is 0 Å². The SMILES string of the molecule is O=C(Nc1c(Cl)cccc1Cl)c1ccc(NCC2CCCO2)nn1. The van der Waals surface area contributed by atoms with Crippen LogP contribution < -0.4 is 10.6 Å². The van der Waals surface area contributed by atoms with Crippen LogP contribution in [0, 0.1) is 0 Å². The van der Waals surface area contributed by atoms with Gasteiger partial charge in [0.15, 0.2) is 5.69 Å². The predicted octanol–water partition coefficient (Wildman–Crippen LogP) is 3.63. The zero-order chi connectivity index (χ0) is 16.9. The van der Waals surface area contributed by atoms with E-state index >= 15 is 0 Å². The van der Waals surface area contributed by atoms with Crippen LogP contribution >= 0.6 is 23.2 Å². The van der Waals surface area contributed by atoms with Crippen molar-refractivity contribution in [3.05, 3.63) is 46.1 Å². The van der Waals surface area contributed by atoms with E-state index in [0.29, 0.717) is 28.1 Å². The number of benzene rings is 1. The van der Waals surface area contributed by atoms with Crippen molar-refractivity contribution in [1.82, 2.24) is 10.2 Å². The lowest BCUT2D eigenvalue weighted by Crippen LogP contribution is -2.20. The predicted molar refractivity (Wildman–Crippen MR) is 93.9 cm³/mol. The summed E-state index contributed by atoms with van der Waals surface area (Å²) in [6.45, 7) is 1.48. The Labute approximate surface area is 149 Å². The zero-order valence-corrected chi connectivity index (χ0v) is 14.3. The number of carbonyl (C=O) groups excluding carboxylic acids is 1. The van der Waals surface area contributed by atoms with Gasteiger partial charge >= 0.3 is 0 Å². The van der Waals surface area contributed by atoms with Crippen LogP contribution in [0.5, 0.6) is 0 Å². The molecule has 2 N–H and O–H groups in total. The molecular weight excluding hydrogens is 351 g/mol. The quantitative estimate of drug-likeness (QED) is 0.844. The Morgan fingerprint density at radius 1 is 1.21 bits per heavy atom. The second-order valence-electron chi connectivity index (χ2n) is 5.37. The summed E-state index contributed by atoms with van der Waals surface area (Å²) < 4.78 is 5.53. The Bertz CT molecular complexity index is 698. The smallest absolute Gasteiger partial charge is 0.276 e. The molecule has 24 heavy (non-hydrogen) atoms. The van der Waals surface area contributed by atoms with Gasteiger partial charge in [0.25, 0.3) is 5.91 Å². The monoisotopic (exact) mass is 366 g/mol. The Balaban J connectivity index is 1.61. The maximum Gasteiger partial charge on any atom is 0.276 e. The summed E-state index contributed by atoms with van der Waals surface area (Å²) in [7, 11) is 0. The molecule has 0 bridgehead atoms. The lowest BCUT2D eigenvalue weighted by atomic mass is 10.2. The van der Waals surface area contributed by atoms with E-state index in [1.807, 2.05) is 0 Å². The Morgan fingerprint density at radius 3 is 2.62 bits per heavy atom. The molecule has 2 aromatic rings. The van der Waals surface area contributed by atoms with Gasteiger partial charge in [0.2, 0.25) is 0 Å². The van der Waals surface area contributed by atoms with E-state index in [1.54, 1.807) is 30.3 Å². The normalized spacial score (nSPS) is 16.8. The molecule has 1 unspecified atom stereocenters. The van der Waals surface area contributed by atoms with Crippen LogP contribution in [0.2, 0.25) is 10.0 Å². The van der Waals surface area contributed by atoms with Crippen molar-refractivity contribution < 1.29 is 9.53 Å². The van der Waals surface area contributed by atoms with E-state index in [-0.39, 0.29) is 11.8 Å². The van der Waals surface area contributed by atoms with Gasteiger partial charge in [0, 0.05) is 13.2 Å². The molecule has 1 atom stereocenters. The number of halogens is 2. The number of hydrogen-bond donors (Lipinski definition) is 2. The third kappa shape index (κ3) is 4.14. The van der Waals surface area contributed by atoms with Crippen LogP contribution in [0.1, 0.15) is 23.3 Å². The third-order valence-corrected chi connectivity index (χ3v) is 4.26. The van der Waals surface area contributed by atoms with Gasteiger partial charge < -0.3 is 15.4 Å². The van der Waals surface area contributed by atoms with E-state index in [4.69, 9.17) is 27.9 Å². The molecule has 1 aromatic heterocycles. The first-order valence-corrected chi connectivity index (χ1v) is 8.33. The highest BCUT2D eigenvalue weighted by Gasteiger charge is 2.16. The number of rotatable bonds is 5. The molecule has 8 heteroatoms. The molecular formula is C16H16Cl2N4O2. The molecule has 2 heterocycles. The summed E-state index contributed by atoms with van der Waals surface area (Å²) in [6.07, 6.45) is 2.33. The number of ether oxygens (including phenoxy) is 1. The first-order chi connectivity index (χ1) is 11.6. The van der Waals surface area contributed by atoms with Crippen molar-refractivity contribution in [1.29, 1.82) is 0 Å². The number of nitrogens with zero attached hydrogens (tertiary/aromatic N) is 2. The van der Waals surface area contributed by atoms with Crippen LogP contribution in [0.3, 0.4) is 0 Å². The van der Waals surface area contributed by atoms with E-state index in [9.17, 15) is 4.79 Å². The summed E-state index contributed by atoms with van der Waals surface area (Å²) in [6, 6.07) is 8.28. The fourth-order valence-corrected chi connectivity index (χ4v) is 2.86. The second-order valence-corrected chi connectivity index (χ2v) is 6.18. The van der Waals surface area contributed by atoms with Crippen LogP contribution in [-0.4, -0.2) is 35.4 Å². The number of amides is 1. The fourth-order valence-electron chi connectivity index (χ4n) is 2.37. The average Bonchev–Trinajstić information content (AvgIpc) is 3.10. The molecule has 0 saturated carbocycles. The number of nitrogens with one attached hydrogen (secondary N) is 2. The molecule has 1 saturated heterocycles. The molecule has 1 aliphatic rings. The van der Waals surface area contributed by atoms with Gasteiger partial charge in [-0.15, -0.1) is 10.2 Å². The van der Waals surface area contributed by atoms with E-state index in [0.717, 1.165) is 19.4 Å². The van der Waals surface area contributed by atoms with Gasteiger partial charge in [-0.25, -0.2) is 0 Å². The number of hydrogen-bond acceptors (Lipinski definition) is 5. The molecule has 3 rings (SSSR count). The zero-order valence-electron chi connectivity index (χ0n) is 12.8. The molecule has 0 spiro atoms. The second kappa shape index (κ2) is 7.79. The van der Waals surface area contributed by atoms with Crippen molar-refractivity contribution in [2.45, 2.75) is 18.9 Å². The van der Waals surface area contributed by atoms with Crippen LogP contribution in [0.4, 0.5) is 11.5 Å². The van der Waals surface area contributed by atoms with E-state index in [2.05, 4.69) is 20.8 Å². The van der Waals surface area contributed by atoms with Crippen LogP contribution in [0.25, 0.3) is 0 Å². The summed E-state index contributed by atoms with van der Waals surface area (Å²) in [5, 5.41) is 14.4. The first-order valence-electron chi connectivity index (χ1n) is 7.58. The third-order valence-electron chi connectivity index (χ3n) is 3.63. The lowest BCUT2D eigenvalue weighted by molar-refractivity contribution is 0.102. The molecule has 6 nitrogen and oxygen atoms in total. The summed E-state index contributed by atoms with van der Waals surface area (Å²) >= 11 is 12.1. The van der Waals surface area contributed by atoms with Crippen LogP contribution in [-0.2, 0) is 4.74 Å². The molecule has 126 valence electrons.